The highest BCUT2D eigenvalue weighted by Gasteiger charge is 2.02. The number of hydrogen-bond donors (Lipinski definition) is 1. The molecule has 5 heteroatoms. The molecule has 16 heavy (non-hydrogen) atoms. The zero-order valence-electron chi connectivity index (χ0n) is 9.23. The predicted octanol–water partition coefficient (Wildman–Crippen LogP) is 2.00. The standard InChI is InChI=1S/C11H13N3O2/c1-8-13-14-11(16-8)7-15-10-5-3-9(12-2)4-6-10/h3-6,12H,7H2,1-2H3. The van der Waals surface area contributed by atoms with Gasteiger partial charge in [0.05, 0.1) is 0 Å². The van der Waals surface area contributed by atoms with Gasteiger partial charge in [-0.05, 0) is 24.3 Å². The molecular formula is C11H13N3O2. The molecule has 0 saturated heterocycles. The molecule has 0 radical (unpaired) electrons. The largest absolute Gasteiger partial charge is 0.484 e. The van der Waals surface area contributed by atoms with Crippen molar-refractivity contribution in [3.8, 4) is 5.75 Å². The Kier molecular flexibility index (Phi) is 3.05. The average Bonchev–Trinajstić information content (AvgIpc) is 2.73. The molecule has 0 unspecified atom stereocenters. The fourth-order valence-electron chi connectivity index (χ4n) is 1.26. The molecule has 2 rings (SSSR count). The molecule has 1 N–H and O–H groups in total. The van der Waals surface area contributed by atoms with E-state index in [9.17, 15) is 0 Å². The minimum absolute atomic E-state index is 0.291. The van der Waals surface area contributed by atoms with Crippen molar-refractivity contribution in [3.05, 3.63) is 36.0 Å². The van der Waals surface area contributed by atoms with E-state index in [2.05, 4.69) is 15.5 Å². The lowest BCUT2D eigenvalue weighted by Gasteiger charge is -2.04. The van der Waals surface area contributed by atoms with E-state index < -0.39 is 0 Å². The SMILES string of the molecule is CNc1ccc(OCc2nnc(C)o2)cc1. The third kappa shape index (κ3) is 2.50. The van der Waals surface area contributed by atoms with Crippen molar-refractivity contribution in [1.82, 2.24) is 10.2 Å². The summed E-state index contributed by atoms with van der Waals surface area (Å²) >= 11 is 0. The average molecular weight is 219 g/mol. The summed E-state index contributed by atoms with van der Waals surface area (Å²) < 4.78 is 10.7. The van der Waals surface area contributed by atoms with Gasteiger partial charge in [-0.25, -0.2) is 0 Å². The van der Waals surface area contributed by atoms with Crippen LogP contribution in [0.2, 0.25) is 0 Å². The van der Waals surface area contributed by atoms with E-state index in [0.29, 0.717) is 18.4 Å². The maximum atomic E-state index is 5.48. The van der Waals surface area contributed by atoms with Gasteiger partial charge in [-0.1, -0.05) is 0 Å². The first-order chi connectivity index (χ1) is 7.78. The lowest BCUT2D eigenvalue weighted by atomic mass is 10.3. The molecule has 0 atom stereocenters. The number of hydrogen-bond acceptors (Lipinski definition) is 5. The molecular weight excluding hydrogens is 206 g/mol. The summed E-state index contributed by atoms with van der Waals surface area (Å²) in [7, 11) is 1.87. The summed E-state index contributed by atoms with van der Waals surface area (Å²) in [5, 5.41) is 10.6. The van der Waals surface area contributed by atoms with Gasteiger partial charge in [0.25, 0.3) is 5.89 Å². The first-order valence-corrected chi connectivity index (χ1v) is 4.97. The molecule has 2 aromatic rings. The van der Waals surface area contributed by atoms with Crippen LogP contribution < -0.4 is 10.1 Å². The molecule has 0 amide bonds. The second-order valence-corrected chi connectivity index (χ2v) is 3.28. The van der Waals surface area contributed by atoms with E-state index in [0.717, 1.165) is 11.4 Å². The molecule has 0 fully saturated rings. The number of aromatic nitrogens is 2. The zero-order valence-corrected chi connectivity index (χ0v) is 9.23. The summed E-state index contributed by atoms with van der Waals surface area (Å²) in [6.45, 7) is 2.04. The van der Waals surface area contributed by atoms with Crippen LogP contribution in [0.1, 0.15) is 11.8 Å². The minimum atomic E-state index is 0.291. The molecule has 0 saturated carbocycles. The Bertz CT molecular complexity index is 451. The smallest absolute Gasteiger partial charge is 0.253 e. The monoisotopic (exact) mass is 219 g/mol. The van der Waals surface area contributed by atoms with Crippen LogP contribution in [-0.4, -0.2) is 17.2 Å². The summed E-state index contributed by atoms with van der Waals surface area (Å²) in [5.74, 6) is 1.80. The lowest BCUT2D eigenvalue weighted by molar-refractivity contribution is 0.260. The van der Waals surface area contributed by atoms with Crippen LogP contribution in [0.15, 0.2) is 28.7 Å². The Morgan fingerprint density at radius 3 is 2.56 bits per heavy atom. The van der Waals surface area contributed by atoms with Crippen LogP contribution in [0.3, 0.4) is 0 Å². The fraction of sp³-hybridized carbons (Fsp3) is 0.273. The van der Waals surface area contributed by atoms with Crippen LogP contribution in [0, 0.1) is 6.92 Å². The highest BCUT2D eigenvalue weighted by Crippen LogP contribution is 2.16. The van der Waals surface area contributed by atoms with E-state index >= 15 is 0 Å². The molecule has 5 nitrogen and oxygen atoms in total. The van der Waals surface area contributed by atoms with Gasteiger partial charge in [-0.15, -0.1) is 10.2 Å². The number of ether oxygens (including phenoxy) is 1. The second kappa shape index (κ2) is 4.65. The van der Waals surface area contributed by atoms with Gasteiger partial charge in [0.15, 0.2) is 6.61 Å². The molecule has 0 aliphatic heterocycles. The first-order valence-electron chi connectivity index (χ1n) is 4.97. The van der Waals surface area contributed by atoms with E-state index in [1.165, 1.54) is 0 Å². The Hall–Kier alpha value is -2.04. The van der Waals surface area contributed by atoms with Crippen molar-refractivity contribution >= 4 is 5.69 Å². The summed E-state index contributed by atoms with van der Waals surface area (Å²) in [5.41, 5.74) is 1.04. The van der Waals surface area contributed by atoms with Crippen molar-refractivity contribution in [3.63, 3.8) is 0 Å². The fourth-order valence-corrected chi connectivity index (χ4v) is 1.26. The number of nitrogens with one attached hydrogen (secondary N) is 1. The van der Waals surface area contributed by atoms with Crippen LogP contribution >= 0.6 is 0 Å². The van der Waals surface area contributed by atoms with E-state index in [4.69, 9.17) is 9.15 Å². The maximum absolute atomic E-state index is 5.48. The number of rotatable bonds is 4. The van der Waals surface area contributed by atoms with Crippen molar-refractivity contribution in [2.75, 3.05) is 12.4 Å². The van der Waals surface area contributed by atoms with Gasteiger partial charge in [0.2, 0.25) is 5.89 Å². The quantitative estimate of drug-likeness (QED) is 0.852. The van der Waals surface area contributed by atoms with Gasteiger partial charge in [0.1, 0.15) is 5.75 Å². The molecule has 1 aromatic carbocycles. The van der Waals surface area contributed by atoms with Gasteiger partial charge < -0.3 is 14.5 Å². The second-order valence-electron chi connectivity index (χ2n) is 3.28. The van der Waals surface area contributed by atoms with Gasteiger partial charge in [-0.3, -0.25) is 0 Å². The van der Waals surface area contributed by atoms with Crippen LogP contribution in [0.4, 0.5) is 5.69 Å². The van der Waals surface area contributed by atoms with E-state index in [-0.39, 0.29) is 0 Å². The van der Waals surface area contributed by atoms with Gasteiger partial charge >= 0.3 is 0 Å². The van der Waals surface area contributed by atoms with Gasteiger partial charge in [0, 0.05) is 19.7 Å². The summed E-state index contributed by atoms with van der Waals surface area (Å²) in [4.78, 5) is 0. The molecule has 0 aliphatic carbocycles. The van der Waals surface area contributed by atoms with Crippen molar-refractivity contribution in [2.45, 2.75) is 13.5 Å². The third-order valence-electron chi connectivity index (χ3n) is 2.07. The minimum Gasteiger partial charge on any atom is -0.484 e. The van der Waals surface area contributed by atoms with Crippen molar-refractivity contribution < 1.29 is 9.15 Å². The third-order valence-corrected chi connectivity index (χ3v) is 2.07. The Balaban J connectivity index is 1.94. The van der Waals surface area contributed by atoms with Crippen LogP contribution in [-0.2, 0) is 6.61 Å². The molecule has 0 aliphatic rings. The molecule has 1 heterocycles. The first kappa shape index (κ1) is 10.5. The van der Waals surface area contributed by atoms with E-state index in [1.54, 1.807) is 6.92 Å². The Labute approximate surface area is 93.4 Å². The number of anilines is 1. The predicted molar refractivity (Wildman–Crippen MR) is 59.4 cm³/mol. The zero-order chi connectivity index (χ0) is 11.4. The summed E-state index contributed by atoms with van der Waals surface area (Å²) in [6, 6.07) is 7.65. The topological polar surface area (TPSA) is 60.2 Å². The molecule has 1 aromatic heterocycles. The van der Waals surface area contributed by atoms with Crippen molar-refractivity contribution in [1.29, 1.82) is 0 Å². The van der Waals surface area contributed by atoms with Crippen LogP contribution in [0.5, 0.6) is 5.75 Å². The van der Waals surface area contributed by atoms with Crippen LogP contribution in [0.25, 0.3) is 0 Å². The van der Waals surface area contributed by atoms with E-state index in [1.807, 2.05) is 31.3 Å². The summed E-state index contributed by atoms with van der Waals surface area (Å²) in [6.07, 6.45) is 0. The van der Waals surface area contributed by atoms with Crippen molar-refractivity contribution in [2.24, 2.45) is 0 Å². The molecule has 84 valence electrons. The highest BCUT2D eigenvalue weighted by atomic mass is 16.5. The number of aryl methyl sites for hydroxylation is 1. The highest BCUT2D eigenvalue weighted by molar-refractivity contribution is 5.45. The maximum Gasteiger partial charge on any atom is 0.253 e. The lowest BCUT2D eigenvalue weighted by Crippen LogP contribution is -1.96. The normalized spacial score (nSPS) is 10.1. The van der Waals surface area contributed by atoms with Gasteiger partial charge in [-0.2, -0.15) is 0 Å². The molecule has 0 spiro atoms. The number of nitrogens with zero attached hydrogens (tertiary/aromatic N) is 2. The Morgan fingerprint density at radius 1 is 1.25 bits per heavy atom. The molecule has 0 bridgehead atoms. The number of benzene rings is 1. The Morgan fingerprint density at radius 2 is 2.00 bits per heavy atom.